The zero-order valence-electron chi connectivity index (χ0n) is 11.1. The van der Waals surface area contributed by atoms with Crippen LogP contribution in [0.25, 0.3) is 0 Å². The lowest BCUT2D eigenvalue weighted by Gasteiger charge is -2.18. The van der Waals surface area contributed by atoms with E-state index >= 15 is 0 Å². The van der Waals surface area contributed by atoms with Gasteiger partial charge in [-0.3, -0.25) is 0 Å². The predicted octanol–water partition coefficient (Wildman–Crippen LogP) is 3.30. The van der Waals surface area contributed by atoms with E-state index in [9.17, 15) is 8.78 Å². The van der Waals surface area contributed by atoms with Gasteiger partial charge >= 0.3 is 0 Å². The molecule has 3 rings (SSSR count). The maximum absolute atomic E-state index is 13.4. The summed E-state index contributed by atoms with van der Waals surface area (Å²) in [5.74, 6) is -1.65. The van der Waals surface area contributed by atoms with Gasteiger partial charge in [0.2, 0.25) is 0 Å². The molecule has 0 saturated heterocycles. The summed E-state index contributed by atoms with van der Waals surface area (Å²) < 4.78 is 31.8. The molecule has 0 amide bonds. The van der Waals surface area contributed by atoms with Crippen molar-refractivity contribution in [3.05, 3.63) is 70.3 Å². The van der Waals surface area contributed by atoms with Crippen LogP contribution in [0.1, 0.15) is 28.3 Å². The van der Waals surface area contributed by atoms with Gasteiger partial charge in [0, 0.05) is 0 Å². The lowest BCUT2D eigenvalue weighted by atomic mass is 9.95. The molecule has 1 aliphatic heterocycles. The van der Waals surface area contributed by atoms with Crippen molar-refractivity contribution in [2.75, 3.05) is 7.05 Å². The highest BCUT2D eigenvalue weighted by molar-refractivity contribution is 5.39. The molecule has 2 nitrogen and oxygen atoms in total. The van der Waals surface area contributed by atoms with Crippen molar-refractivity contribution in [1.82, 2.24) is 5.32 Å². The molecule has 0 aromatic heterocycles. The molecule has 104 valence electrons. The molecular weight excluding hydrogens is 260 g/mol. The molecular formula is C16H15F2NO. The van der Waals surface area contributed by atoms with Crippen LogP contribution >= 0.6 is 0 Å². The van der Waals surface area contributed by atoms with Crippen molar-refractivity contribution in [2.45, 2.75) is 19.3 Å². The molecule has 2 aromatic rings. The second kappa shape index (κ2) is 5.31. The maximum Gasteiger partial charge on any atom is 0.159 e. The van der Waals surface area contributed by atoms with E-state index in [-0.39, 0.29) is 6.04 Å². The van der Waals surface area contributed by atoms with E-state index in [0.29, 0.717) is 18.8 Å². The Morgan fingerprint density at radius 1 is 0.950 bits per heavy atom. The zero-order chi connectivity index (χ0) is 14.1. The number of hydrogen-bond donors (Lipinski definition) is 1. The topological polar surface area (TPSA) is 21.3 Å². The minimum Gasteiger partial charge on any atom is -0.372 e. The average molecular weight is 275 g/mol. The third kappa shape index (κ3) is 2.32. The van der Waals surface area contributed by atoms with Crippen LogP contribution in [0.2, 0.25) is 0 Å². The second-order valence-electron chi connectivity index (χ2n) is 4.92. The van der Waals surface area contributed by atoms with E-state index < -0.39 is 11.6 Å². The first-order valence-electron chi connectivity index (χ1n) is 6.50. The fraction of sp³-hybridized carbons (Fsp3) is 0.250. The summed E-state index contributed by atoms with van der Waals surface area (Å²) in [6.45, 7) is 1.25. The van der Waals surface area contributed by atoms with E-state index in [4.69, 9.17) is 4.74 Å². The fourth-order valence-electron chi connectivity index (χ4n) is 2.59. The maximum atomic E-state index is 13.4. The predicted molar refractivity (Wildman–Crippen MR) is 72.2 cm³/mol. The highest BCUT2D eigenvalue weighted by Crippen LogP contribution is 2.28. The molecule has 0 radical (unpaired) electrons. The van der Waals surface area contributed by atoms with E-state index in [1.165, 1.54) is 11.6 Å². The molecule has 0 aliphatic carbocycles. The smallest absolute Gasteiger partial charge is 0.159 e. The van der Waals surface area contributed by atoms with Crippen molar-refractivity contribution in [2.24, 2.45) is 0 Å². The van der Waals surface area contributed by atoms with E-state index in [2.05, 4.69) is 11.4 Å². The molecule has 0 bridgehead atoms. The molecule has 0 fully saturated rings. The van der Waals surface area contributed by atoms with Gasteiger partial charge in [0.25, 0.3) is 0 Å². The van der Waals surface area contributed by atoms with Crippen LogP contribution in [0.15, 0.2) is 36.4 Å². The van der Waals surface area contributed by atoms with Gasteiger partial charge < -0.3 is 10.1 Å². The first-order chi connectivity index (χ1) is 9.69. The molecule has 4 heteroatoms. The zero-order valence-corrected chi connectivity index (χ0v) is 11.1. The van der Waals surface area contributed by atoms with Gasteiger partial charge in [0.05, 0.1) is 19.3 Å². The van der Waals surface area contributed by atoms with Gasteiger partial charge in [-0.15, -0.1) is 0 Å². The minimum atomic E-state index is -0.828. The number of ether oxygens (including phenoxy) is 1. The van der Waals surface area contributed by atoms with Gasteiger partial charge in [0.15, 0.2) is 11.6 Å². The summed E-state index contributed by atoms with van der Waals surface area (Å²) in [5.41, 5.74) is 4.06. The lowest BCUT2D eigenvalue weighted by Crippen LogP contribution is -2.18. The van der Waals surface area contributed by atoms with Crippen LogP contribution in [0.3, 0.4) is 0 Å². The van der Waals surface area contributed by atoms with Gasteiger partial charge in [-0.1, -0.05) is 24.3 Å². The molecule has 0 saturated carbocycles. The molecule has 1 N–H and O–H groups in total. The summed E-state index contributed by atoms with van der Waals surface area (Å²) in [5, 5.41) is 3.14. The Labute approximate surface area is 116 Å². The Hall–Kier alpha value is -1.78. The van der Waals surface area contributed by atoms with Crippen molar-refractivity contribution in [3.8, 4) is 0 Å². The summed E-state index contributed by atoms with van der Waals surface area (Å²) >= 11 is 0. The summed E-state index contributed by atoms with van der Waals surface area (Å²) in [6.07, 6.45) is 0. The van der Waals surface area contributed by atoms with Crippen molar-refractivity contribution in [3.63, 3.8) is 0 Å². The third-order valence-electron chi connectivity index (χ3n) is 3.64. The van der Waals surface area contributed by atoms with Gasteiger partial charge in [0.1, 0.15) is 0 Å². The summed E-state index contributed by atoms with van der Waals surface area (Å²) in [7, 11) is 1.80. The first kappa shape index (κ1) is 13.2. The van der Waals surface area contributed by atoms with Gasteiger partial charge in [-0.25, -0.2) is 8.78 Å². The van der Waals surface area contributed by atoms with Gasteiger partial charge in [-0.2, -0.15) is 0 Å². The lowest BCUT2D eigenvalue weighted by molar-refractivity contribution is 0.134. The van der Waals surface area contributed by atoms with Crippen molar-refractivity contribution >= 4 is 0 Å². The van der Waals surface area contributed by atoms with Crippen LogP contribution < -0.4 is 5.32 Å². The van der Waals surface area contributed by atoms with Crippen LogP contribution in [0.5, 0.6) is 0 Å². The molecule has 20 heavy (non-hydrogen) atoms. The quantitative estimate of drug-likeness (QED) is 0.928. The van der Waals surface area contributed by atoms with Crippen molar-refractivity contribution < 1.29 is 13.5 Å². The third-order valence-corrected chi connectivity index (χ3v) is 3.64. The van der Waals surface area contributed by atoms with E-state index in [0.717, 1.165) is 17.2 Å². The SMILES string of the molecule is CNC(c1ccc(F)c(F)c1)c1ccc2c(c1)COC2. The van der Waals surface area contributed by atoms with Gasteiger partial charge in [-0.05, 0) is 41.4 Å². The highest BCUT2D eigenvalue weighted by Gasteiger charge is 2.17. The van der Waals surface area contributed by atoms with Crippen LogP contribution in [-0.4, -0.2) is 7.05 Å². The Balaban J connectivity index is 1.98. The standard InChI is InChI=1S/C16H15F2NO/c1-19-16(11-4-5-14(17)15(18)7-11)10-2-3-12-8-20-9-13(12)6-10/h2-7,16,19H,8-9H2,1H3. The molecule has 1 unspecified atom stereocenters. The Kier molecular flexibility index (Phi) is 3.51. The number of benzene rings is 2. The van der Waals surface area contributed by atoms with Crippen LogP contribution in [-0.2, 0) is 18.0 Å². The molecule has 1 heterocycles. The number of hydrogen-bond acceptors (Lipinski definition) is 2. The van der Waals surface area contributed by atoms with Crippen LogP contribution in [0, 0.1) is 11.6 Å². The second-order valence-corrected chi connectivity index (χ2v) is 4.92. The Bertz CT molecular complexity index is 642. The molecule has 2 aromatic carbocycles. The molecule has 1 aliphatic rings. The Morgan fingerprint density at radius 2 is 1.65 bits per heavy atom. The van der Waals surface area contributed by atoms with Crippen LogP contribution in [0.4, 0.5) is 8.78 Å². The average Bonchev–Trinajstić information content (AvgIpc) is 2.91. The fourth-order valence-corrected chi connectivity index (χ4v) is 2.59. The monoisotopic (exact) mass is 275 g/mol. The molecule has 0 spiro atoms. The highest BCUT2D eigenvalue weighted by atomic mass is 19.2. The number of halogens is 2. The number of nitrogens with one attached hydrogen (secondary N) is 1. The summed E-state index contributed by atoms with van der Waals surface area (Å²) in [4.78, 5) is 0. The first-order valence-corrected chi connectivity index (χ1v) is 6.50. The number of rotatable bonds is 3. The van der Waals surface area contributed by atoms with E-state index in [1.807, 2.05) is 12.1 Å². The summed E-state index contributed by atoms with van der Waals surface area (Å²) in [6, 6.07) is 9.91. The Morgan fingerprint density at radius 3 is 2.40 bits per heavy atom. The van der Waals surface area contributed by atoms with Crippen molar-refractivity contribution in [1.29, 1.82) is 0 Å². The normalized spacial score (nSPS) is 15.2. The minimum absolute atomic E-state index is 0.170. The number of fused-ring (bicyclic) bond motifs is 1. The largest absolute Gasteiger partial charge is 0.372 e. The van der Waals surface area contributed by atoms with E-state index in [1.54, 1.807) is 13.1 Å². The molecule has 1 atom stereocenters.